The van der Waals surface area contributed by atoms with Crippen molar-refractivity contribution in [1.29, 1.82) is 0 Å². The van der Waals surface area contributed by atoms with Crippen molar-refractivity contribution in [2.75, 3.05) is 13.4 Å². The van der Waals surface area contributed by atoms with Crippen molar-refractivity contribution >= 4 is 9.84 Å². The van der Waals surface area contributed by atoms with Gasteiger partial charge in [0.15, 0.2) is 9.84 Å². The van der Waals surface area contributed by atoms with Crippen LogP contribution >= 0.6 is 0 Å². The second-order valence-corrected chi connectivity index (χ2v) is 7.41. The van der Waals surface area contributed by atoms with Crippen LogP contribution < -0.4 is 4.74 Å². The molecule has 0 aliphatic heterocycles. The van der Waals surface area contributed by atoms with Crippen molar-refractivity contribution in [1.82, 2.24) is 4.98 Å². The maximum atomic E-state index is 11.3. The van der Waals surface area contributed by atoms with Crippen LogP contribution in [-0.4, -0.2) is 26.8 Å². The molecule has 2 aromatic rings. The zero-order valence-corrected chi connectivity index (χ0v) is 13.5. The Kier molecular flexibility index (Phi) is 4.32. The van der Waals surface area contributed by atoms with E-state index in [9.17, 15) is 8.42 Å². The number of aryl methyl sites for hydroxylation is 2. The Labute approximate surface area is 125 Å². The van der Waals surface area contributed by atoms with Gasteiger partial charge in [0.1, 0.15) is 5.75 Å². The molecule has 4 nitrogen and oxygen atoms in total. The summed E-state index contributed by atoms with van der Waals surface area (Å²) in [6.45, 7) is 3.99. The third-order valence-electron chi connectivity index (χ3n) is 3.21. The van der Waals surface area contributed by atoms with Crippen molar-refractivity contribution < 1.29 is 13.2 Å². The number of aromatic nitrogens is 1. The molecular formula is C16H19NO3S. The molecule has 0 saturated carbocycles. The summed E-state index contributed by atoms with van der Waals surface area (Å²) in [5, 5.41) is 0. The topological polar surface area (TPSA) is 56.3 Å². The summed E-state index contributed by atoms with van der Waals surface area (Å²) in [4.78, 5) is 4.37. The molecule has 0 aliphatic carbocycles. The van der Waals surface area contributed by atoms with Gasteiger partial charge in [0.2, 0.25) is 0 Å². The van der Waals surface area contributed by atoms with Gasteiger partial charge in [0, 0.05) is 18.0 Å². The number of ether oxygens (including phenoxy) is 1. The number of hydrogen-bond acceptors (Lipinski definition) is 4. The van der Waals surface area contributed by atoms with Crippen LogP contribution in [0.25, 0.3) is 11.3 Å². The predicted octanol–water partition coefficient (Wildman–Crippen LogP) is 2.92. The number of methoxy groups -OCH3 is 1. The molecule has 0 radical (unpaired) electrons. The standard InChI is InChI=1S/C16H19NO3S/c1-11-7-14(8-12(2)16(11)20-3)15-6-5-13(9-17-15)10-21(4,18)19/h5-9H,10H2,1-4H3. The smallest absolute Gasteiger partial charge is 0.151 e. The van der Waals surface area contributed by atoms with E-state index in [2.05, 4.69) is 4.98 Å². The third-order valence-corrected chi connectivity index (χ3v) is 4.07. The van der Waals surface area contributed by atoms with Gasteiger partial charge < -0.3 is 4.74 Å². The fourth-order valence-corrected chi connectivity index (χ4v) is 3.18. The maximum Gasteiger partial charge on any atom is 0.151 e. The van der Waals surface area contributed by atoms with Crippen molar-refractivity contribution in [2.45, 2.75) is 19.6 Å². The van der Waals surface area contributed by atoms with Gasteiger partial charge >= 0.3 is 0 Å². The SMILES string of the molecule is COc1c(C)cc(-c2ccc(CS(C)(=O)=O)cn2)cc1C. The van der Waals surface area contributed by atoms with Gasteiger partial charge in [0.05, 0.1) is 18.6 Å². The summed E-state index contributed by atoms with van der Waals surface area (Å²) in [6.07, 6.45) is 2.84. The highest BCUT2D eigenvalue weighted by Gasteiger charge is 2.09. The maximum absolute atomic E-state index is 11.3. The Bertz CT molecular complexity index is 727. The lowest BCUT2D eigenvalue weighted by Crippen LogP contribution is -2.01. The Morgan fingerprint density at radius 1 is 1.14 bits per heavy atom. The minimum atomic E-state index is -3.03. The Morgan fingerprint density at radius 3 is 2.19 bits per heavy atom. The zero-order chi connectivity index (χ0) is 15.6. The van der Waals surface area contributed by atoms with Crippen LogP contribution in [0.5, 0.6) is 5.75 Å². The van der Waals surface area contributed by atoms with Gasteiger partial charge in [0.25, 0.3) is 0 Å². The van der Waals surface area contributed by atoms with Gasteiger partial charge in [-0.05, 0) is 48.7 Å². The van der Waals surface area contributed by atoms with E-state index in [1.165, 1.54) is 6.26 Å². The molecule has 1 aromatic carbocycles. The quantitative estimate of drug-likeness (QED) is 0.871. The third kappa shape index (κ3) is 3.82. The largest absolute Gasteiger partial charge is 0.496 e. The van der Waals surface area contributed by atoms with Crippen LogP contribution in [0.2, 0.25) is 0 Å². The number of pyridine rings is 1. The number of sulfone groups is 1. The Balaban J connectivity index is 2.35. The lowest BCUT2D eigenvalue weighted by molar-refractivity contribution is 0.408. The van der Waals surface area contributed by atoms with Gasteiger partial charge in [-0.15, -0.1) is 0 Å². The monoisotopic (exact) mass is 305 g/mol. The molecule has 0 amide bonds. The van der Waals surface area contributed by atoms with Crippen LogP contribution in [0.15, 0.2) is 30.5 Å². The van der Waals surface area contributed by atoms with Crippen LogP contribution in [0.1, 0.15) is 16.7 Å². The number of benzene rings is 1. The summed E-state index contributed by atoms with van der Waals surface area (Å²) in [6, 6.07) is 7.69. The summed E-state index contributed by atoms with van der Waals surface area (Å²) < 4.78 is 27.9. The molecule has 0 unspecified atom stereocenters. The molecule has 1 aromatic heterocycles. The molecule has 0 atom stereocenters. The fraction of sp³-hybridized carbons (Fsp3) is 0.312. The molecule has 0 saturated heterocycles. The van der Waals surface area contributed by atoms with Crippen molar-refractivity contribution in [3.05, 3.63) is 47.2 Å². The molecule has 1 heterocycles. The van der Waals surface area contributed by atoms with E-state index in [4.69, 9.17) is 4.74 Å². The van der Waals surface area contributed by atoms with Crippen LogP contribution in [0.3, 0.4) is 0 Å². The van der Waals surface area contributed by atoms with Crippen molar-refractivity contribution in [3.8, 4) is 17.0 Å². The van der Waals surface area contributed by atoms with Gasteiger partial charge in [-0.25, -0.2) is 8.42 Å². The zero-order valence-electron chi connectivity index (χ0n) is 12.7. The van der Waals surface area contributed by atoms with Crippen LogP contribution in [0.4, 0.5) is 0 Å². The molecular weight excluding hydrogens is 286 g/mol. The van der Waals surface area contributed by atoms with E-state index in [-0.39, 0.29) is 5.75 Å². The summed E-state index contributed by atoms with van der Waals surface area (Å²) in [5.74, 6) is 0.897. The van der Waals surface area contributed by atoms with Crippen molar-refractivity contribution in [2.24, 2.45) is 0 Å². The second-order valence-electron chi connectivity index (χ2n) is 5.27. The molecule has 21 heavy (non-hydrogen) atoms. The molecule has 0 fully saturated rings. The molecule has 0 N–H and O–H groups in total. The van der Waals surface area contributed by atoms with Gasteiger partial charge in [-0.2, -0.15) is 0 Å². The molecule has 0 bridgehead atoms. The minimum absolute atomic E-state index is 0.0148. The fourth-order valence-electron chi connectivity index (χ4n) is 2.40. The lowest BCUT2D eigenvalue weighted by atomic mass is 10.0. The van der Waals surface area contributed by atoms with Gasteiger partial charge in [-0.1, -0.05) is 6.07 Å². The molecule has 0 spiro atoms. The van der Waals surface area contributed by atoms with E-state index in [0.29, 0.717) is 5.56 Å². The second kappa shape index (κ2) is 5.85. The van der Waals surface area contributed by atoms with Crippen LogP contribution in [0, 0.1) is 13.8 Å². The first-order valence-electron chi connectivity index (χ1n) is 6.58. The summed E-state index contributed by atoms with van der Waals surface area (Å²) >= 11 is 0. The highest BCUT2D eigenvalue weighted by atomic mass is 32.2. The molecule has 2 rings (SSSR count). The normalized spacial score (nSPS) is 11.4. The highest BCUT2D eigenvalue weighted by molar-refractivity contribution is 7.89. The van der Waals surface area contributed by atoms with E-state index < -0.39 is 9.84 Å². The average molecular weight is 305 g/mol. The first-order valence-corrected chi connectivity index (χ1v) is 8.64. The lowest BCUT2D eigenvalue weighted by Gasteiger charge is -2.11. The van der Waals surface area contributed by atoms with Crippen molar-refractivity contribution in [3.63, 3.8) is 0 Å². The molecule has 112 valence electrons. The molecule has 5 heteroatoms. The van der Waals surface area contributed by atoms with Gasteiger partial charge in [-0.3, -0.25) is 4.98 Å². The number of rotatable bonds is 4. The Hall–Kier alpha value is -1.88. The summed E-state index contributed by atoms with van der Waals surface area (Å²) in [5.41, 5.74) is 4.62. The number of nitrogens with zero attached hydrogens (tertiary/aromatic N) is 1. The highest BCUT2D eigenvalue weighted by Crippen LogP contribution is 2.29. The van der Waals surface area contributed by atoms with E-state index in [0.717, 1.165) is 28.1 Å². The van der Waals surface area contributed by atoms with E-state index in [1.54, 1.807) is 19.4 Å². The molecule has 0 aliphatic rings. The summed E-state index contributed by atoms with van der Waals surface area (Å²) in [7, 11) is -1.37. The minimum Gasteiger partial charge on any atom is -0.496 e. The Morgan fingerprint density at radius 2 is 1.76 bits per heavy atom. The first kappa shape index (κ1) is 15.5. The number of hydrogen-bond donors (Lipinski definition) is 0. The van der Waals surface area contributed by atoms with E-state index >= 15 is 0 Å². The first-order chi connectivity index (χ1) is 9.80. The van der Waals surface area contributed by atoms with E-state index in [1.807, 2.05) is 32.0 Å². The van der Waals surface area contributed by atoms with Crippen LogP contribution in [-0.2, 0) is 15.6 Å². The average Bonchev–Trinajstić information content (AvgIpc) is 2.37. The predicted molar refractivity (Wildman–Crippen MR) is 84.2 cm³/mol.